The number of imide groups is 1. The van der Waals surface area contributed by atoms with E-state index in [1.807, 2.05) is 5.32 Å². The second-order valence-corrected chi connectivity index (χ2v) is 3.81. The summed E-state index contributed by atoms with van der Waals surface area (Å²) < 4.78 is 42.5. The first-order chi connectivity index (χ1) is 8.84. The predicted molar refractivity (Wildman–Crippen MR) is 58.9 cm³/mol. The van der Waals surface area contributed by atoms with Crippen LogP contribution < -0.4 is 5.32 Å². The molecule has 100 valence electrons. The lowest BCUT2D eigenvalue weighted by Gasteiger charge is -2.19. The van der Waals surface area contributed by atoms with E-state index in [1.165, 1.54) is 7.11 Å². The van der Waals surface area contributed by atoms with E-state index < -0.39 is 23.6 Å². The van der Waals surface area contributed by atoms with Gasteiger partial charge in [-0.1, -0.05) is 0 Å². The number of ether oxygens (including phenoxy) is 1. The van der Waals surface area contributed by atoms with E-state index in [1.54, 1.807) is 0 Å². The number of hydrogen-bond donors (Lipinski definition) is 1. The van der Waals surface area contributed by atoms with Gasteiger partial charge in [-0.15, -0.1) is 0 Å². The lowest BCUT2D eigenvalue weighted by atomic mass is 9.93. The summed E-state index contributed by atoms with van der Waals surface area (Å²) >= 11 is 0. The minimum atomic E-state index is -4.55. The molecule has 1 aromatic rings. The first-order valence-electron chi connectivity index (χ1n) is 5.15. The van der Waals surface area contributed by atoms with Crippen LogP contribution >= 0.6 is 0 Å². The number of alkyl halides is 3. The molecule has 0 radical (unpaired) electrons. The van der Waals surface area contributed by atoms with Crippen molar-refractivity contribution in [2.45, 2.75) is 6.18 Å². The van der Waals surface area contributed by atoms with E-state index in [-0.39, 0.29) is 16.7 Å². The molecule has 1 aliphatic rings. The Labute approximate surface area is 105 Å². The number of halogens is 3. The van der Waals surface area contributed by atoms with Crippen LogP contribution in [0.5, 0.6) is 0 Å². The monoisotopic (exact) mass is 271 g/mol. The van der Waals surface area contributed by atoms with Crippen molar-refractivity contribution in [3.05, 3.63) is 41.2 Å². The van der Waals surface area contributed by atoms with Crippen molar-refractivity contribution in [2.24, 2.45) is 0 Å². The third-order valence-electron chi connectivity index (χ3n) is 2.59. The van der Waals surface area contributed by atoms with Crippen LogP contribution in [0.1, 0.15) is 21.5 Å². The third kappa shape index (κ3) is 2.31. The number of rotatable bonds is 1. The minimum absolute atomic E-state index is 0.00380. The van der Waals surface area contributed by atoms with Gasteiger partial charge in [-0.2, -0.15) is 13.2 Å². The molecule has 0 spiro atoms. The van der Waals surface area contributed by atoms with Crippen LogP contribution in [-0.2, 0) is 15.7 Å². The van der Waals surface area contributed by atoms with Gasteiger partial charge in [0.1, 0.15) is 0 Å². The fourth-order valence-corrected chi connectivity index (χ4v) is 1.74. The Hall–Kier alpha value is -2.31. The van der Waals surface area contributed by atoms with Gasteiger partial charge in [0.2, 0.25) is 0 Å². The highest BCUT2D eigenvalue weighted by Crippen LogP contribution is 2.33. The van der Waals surface area contributed by atoms with E-state index in [0.717, 1.165) is 24.5 Å². The number of carbonyl (C=O) groups excluding carboxylic acids is 2. The molecule has 1 aliphatic heterocycles. The summed E-state index contributed by atoms with van der Waals surface area (Å²) in [4.78, 5) is 23.1. The highest BCUT2D eigenvalue weighted by molar-refractivity contribution is 6.30. The summed E-state index contributed by atoms with van der Waals surface area (Å²) in [6, 6.07) is 2.58. The zero-order valence-electron chi connectivity index (χ0n) is 9.67. The van der Waals surface area contributed by atoms with E-state index >= 15 is 0 Å². The molecule has 1 aromatic carbocycles. The molecule has 19 heavy (non-hydrogen) atoms. The van der Waals surface area contributed by atoms with Crippen LogP contribution in [0.25, 0.3) is 5.57 Å². The Morgan fingerprint density at radius 3 is 2.42 bits per heavy atom. The van der Waals surface area contributed by atoms with Gasteiger partial charge in [0, 0.05) is 11.1 Å². The Bertz CT molecular complexity index is 590. The maximum absolute atomic E-state index is 12.6. The smallest absolute Gasteiger partial charge is 0.416 e. The van der Waals surface area contributed by atoms with E-state index in [4.69, 9.17) is 0 Å². The molecule has 0 saturated heterocycles. The van der Waals surface area contributed by atoms with E-state index in [0.29, 0.717) is 0 Å². The summed E-state index contributed by atoms with van der Waals surface area (Å²) in [7, 11) is 1.25. The zero-order valence-corrected chi connectivity index (χ0v) is 9.67. The van der Waals surface area contributed by atoms with Crippen LogP contribution in [0.2, 0.25) is 0 Å². The van der Waals surface area contributed by atoms with Gasteiger partial charge in [0.25, 0.3) is 11.8 Å². The van der Waals surface area contributed by atoms with Crippen molar-refractivity contribution >= 4 is 17.4 Å². The maximum atomic E-state index is 12.6. The number of benzene rings is 1. The standard InChI is InChI=1S/C12H8F3NO3/c1-19-5-9-8-4-6(12(13,14)15)2-3-7(8)10(17)16-11(9)18/h2-5H,1H3,(H,16,17,18)/b9-5-. The molecule has 0 aromatic heterocycles. The first-order valence-corrected chi connectivity index (χ1v) is 5.15. The van der Waals surface area contributed by atoms with Crippen LogP contribution in [-0.4, -0.2) is 18.9 Å². The Kier molecular flexibility index (Phi) is 3.05. The lowest BCUT2D eigenvalue weighted by molar-refractivity contribution is -0.137. The van der Waals surface area contributed by atoms with Gasteiger partial charge >= 0.3 is 6.18 Å². The molecule has 0 aliphatic carbocycles. The number of methoxy groups -OCH3 is 1. The van der Waals surface area contributed by atoms with Gasteiger partial charge < -0.3 is 4.74 Å². The molecule has 0 atom stereocenters. The highest BCUT2D eigenvalue weighted by Gasteiger charge is 2.34. The summed E-state index contributed by atoms with van der Waals surface area (Å²) in [6.45, 7) is 0. The normalized spacial score (nSPS) is 17.2. The van der Waals surface area contributed by atoms with Gasteiger partial charge in [-0.25, -0.2) is 0 Å². The second-order valence-electron chi connectivity index (χ2n) is 3.81. The van der Waals surface area contributed by atoms with Crippen LogP contribution in [0.3, 0.4) is 0 Å². The van der Waals surface area contributed by atoms with Gasteiger partial charge in [-0.05, 0) is 18.2 Å². The van der Waals surface area contributed by atoms with Crippen LogP contribution in [0, 0.1) is 0 Å². The Morgan fingerprint density at radius 1 is 1.16 bits per heavy atom. The molecule has 0 unspecified atom stereocenters. The van der Waals surface area contributed by atoms with Gasteiger partial charge in [0.15, 0.2) is 0 Å². The zero-order chi connectivity index (χ0) is 14.2. The summed E-state index contributed by atoms with van der Waals surface area (Å²) in [5.41, 5.74) is -1.15. The highest BCUT2D eigenvalue weighted by atomic mass is 19.4. The molecular formula is C12H8F3NO3. The Morgan fingerprint density at radius 2 is 1.84 bits per heavy atom. The molecule has 0 saturated carbocycles. The fraction of sp³-hybridized carbons (Fsp3) is 0.167. The fourth-order valence-electron chi connectivity index (χ4n) is 1.74. The maximum Gasteiger partial charge on any atom is 0.416 e. The van der Waals surface area contributed by atoms with Crippen LogP contribution in [0.4, 0.5) is 13.2 Å². The Balaban J connectivity index is 2.65. The topological polar surface area (TPSA) is 55.4 Å². The average molecular weight is 271 g/mol. The molecule has 1 heterocycles. The quantitative estimate of drug-likeness (QED) is 0.482. The third-order valence-corrected chi connectivity index (χ3v) is 2.59. The first kappa shape index (κ1) is 13.1. The summed E-state index contributed by atoms with van der Waals surface area (Å²) in [6.07, 6.45) is -3.55. The van der Waals surface area contributed by atoms with E-state index in [2.05, 4.69) is 4.74 Å². The summed E-state index contributed by atoms with van der Waals surface area (Å²) in [5.74, 6) is -1.53. The van der Waals surface area contributed by atoms with Gasteiger partial charge in [0.05, 0.1) is 24.5 Å². The van der Waals surface area contributed by atoms with Crippen molar-refractivity contribution in [1.82, 2.24) is 5.32 Å². The molecule has 0 bridgehead atoms. The molecule has 4 nitrogen and oxygen atoms in total. The minimum Gasteiger partial charge on any atom is -0.504 e. The number of carbonyl (C=O) groups is 2. The second kappa shape index (κ2) is 4.42. The number of fused-ring (bicyclic) bond motifs is 1. The van der Waals surface area contributed by atoms with Crippen molar-refractivity contribution in [3.8, 4) is 0 Å². The molecular weight excluding hydrogens is 263 g/mol. The molecule has 0 fully saturated rings. The molecule has 2 amide bonds. The van der Waals surface area contributed by atoms with Crippen molar-refractivity contribution in [3.63, 3.8) is 0 Å². The molecule has 7 heteroatoms. The van der Waals surface area contributed by atoms with Crippen LogP contribution in [0.15, 0.2) is 24.5 Å². The van der Waals surface area contributed by atoms with Crippen molar-refractivity contribution in [2.75, 3.05) is 7.11 Å². The van der Waals surface area contributed by atoms with E-state index in [9.17, 15) is 22.8 Å². The molecule has 2 rings (SSSR count). The SMILES string of the molecule is CO/C=C1\C(=O)NC(=O)c2ccc(C(F)(F)F)cc21. The largest absolute Gasteiger partial charge is 0.504 e. The lowest BCUT2D eigenvalue weighted by Crippen LogP contribution is -2.36. The number of nitrogens with one attached hydrogen (secondary N) is 1. The van der Waals surface area contributed by atoms with Crippen molar-refractivity contribution < 1.29 is 27.5 Å². The number of hydrogen-bond acceptors (Lipinski definition) is 3. The predicted octanol–water partition coefficient (Wildman–Crippen LogP) is 1.96. The molecule has 1 N–H and O–H groups in total. The summed E-state index contributed by atoms with van der Waals surface area (Å²) in [5, 5.41) is 2.02. The van der Waals surface area contributed by atoms with Gasteiger partial charge in [-0.3, -0.25) is 14.9 Å². The van der Waals surface area contributed by atoms with Crippen molar-refractivity contribution in [1.29, 1.82) is 0 Å². The average Bonchev–Trinajstić information content (AvgIpc) is 2.32. The number of amides is 2.